The van der Waals surface area contributed by atoms with E-state index >= 15 is 0 Å². The molecule has 0 bridgehead atoms. The van der Waals surface area contributed by atoms with Crippen LogP contribution < -0.4 is 11.1 Å². The fourth-order valence-electron chi connectivity index (χ4n) is 4.76. The van der Waals surface area contributed by atoms with Crippen LogP contribution in [-0.4, -0.2) is 82.1 Å². The van der Waals surface area contributed by atoms with Crippen LogP contribution in [0.5, 0.6) is 0 Å². The Morgan fingerprint density at radius 1 is 1.26 bits per heavy atom. The predicted octanol–water partition coefficient (Wildman–Crippen LogP) is 2.02. The fourth-order valence-corrected chi connectivity index (χ4v) is 4.76. The van der Waals surface area contributed by atoms with Crippen molar-refractivity contribution in [2.45, 2.75) is 24.9 Å². The molecule has 4 rings (SSSR count). The molecular weight excluding hydrogens is 457 g/mol. The van der Waals surface area contributed by atoms with Gasteiger partial charge in [0.25, 0.3) is 5.91 Å². The number of nitriles is 1. The summed E-state index contributed by atoms with van der Waals surface area (Å²) in [5, 5.41) is 27.3. The van der Waals surface area contributed by atoms with Crippen molar-refractivity contribution in [1.29, 1.82) is 5.26 Å². The van der Waals surface area contributed by atoms with Gasteiger partial charge in [0, 0.05) is 38.1 Å². The highest BCUT2D eigenvalue weighted by Gasteiger charge is 2.42. The van der Waals surface area contributed by atoms with Crippen molar-refractivity contribution in [2.75, 3.05) is 44.7 Å². The Balaban J connectivity index is 1.66. The number of hydrogen-bond donors (Lipinski definition) is 3. The normalized spacial score (nSPS) is 23.0. The van der Waals surface area contributed by atoms with Crippen molar-refractivity contribution in [2.24, 2.45) is 11.7 Å². The minimum atomic E-state index is -1.06. The van der Waals surface area contributed by atoms with Crippen LogP contribution in [0.4, 0.5) is 20.7 Å². The van der Waals surface area contributed by atoms with Gasteiger partial charge in [-0.2, -0.15) is 10.4 Å². The number of ether oxygens (including phenoxy) is 1. The molecule has 3 atom stereocenters. The number of amides is 2. The van der Waals surface area contributed by atoms with E-state index in [1.807, 2.05) is 0 Å². The van der Waals surface area contributed by atoms with Gasteiger partial charge in [0.15, 0.2) is 5.82 Å². The van der Waals surface area contributed by atoms with Crippen LogP contribution in [-0.2, 0) is 4.74 Å². The average molecular weight is 486 g/mol. The Kier molecular flexibility index (Phi) is 7.48. The van der Waals surface area contributed by atoms with Crippen LogP contribution >= 0.6 is 0 Å². The van der Waals surface area contributed by atoms with Crippen LogP contribution in [0.3, 0.4) is 0 Å². The number of nitrogens with one attached hydrogen (secondary N) is 1. The molecule has 3 heterocycles. The third kappa shape index (κ3) is 5.52. The van der Waals surface area contributed by atoms with Crippen molar-refractivity contribution < 1.29 is 23.8 Å². The van der Waals surface area contributed by atoms with Gasteiger partial charge in [-0.15, -0.1) is 0 Å². The Hall–Kier alpha value is -3.69. The molecule has 12 heteroatoms. The Morgan fingerprint density at radius 2 is 1.97 bits per heavy atom. The third-order valence-electron chi connectivity index (χ3n) is 6.55. The number of nitrogens with zero attached hydrogens (tertiary/aromatic N) is 5. The van der Waals surface area contributed by atoms with Crippen molar-refractivity contribution in [3.8, 4) is 6.07 Å². The number of hydrogen-bond acceptors (Lipinski definition) is 7. The highest BCUT2D eigenvalue weighted by atomic mass is 19.1. The first-order valence-electron chi connectivity index (χ1n) is 11.5. The zero-order chi connectivity index (χ0) is 24.9. The van der Waals surface area contributed by atoms with E-state index in [9.17, 15) is 24.3 Å². The molecular formula is C23H28FN7O4. The lowest BCUT2D eigenvalue weighted by Crippen LogP contribution is -2.53. The van der Waals surface area contributed by atoms with E-state index in [0.717, 1.165) is 13.1 Å². The molecule has 2 saturated heterocycles. The zero-order valence-corrected chi connectivity index (χ0v) is 19.1. The number of piperidine rings is 1. The number of halogens is 1. The second-order valence-electron chi connectivity index (χ2n) is 8.67. The van der Waals surface area contributed by atoms with Crippen LogP contribution in [0.1, 0.15) is 29.2 Å². The monoisotopic (exact) mass is 485 g/mol. The predicted molar refractivity (Wildman–Crippen MR) is 124 cm³/mol. The number of carboxylic acid groups (broad SMARTS) is 1. The molecule has 2 amide bonds. The second-order valence-corrected chi connectivity index (χ2v) is 8.67. The van der Waals surface area contributed by atoms with Gasteiger partial charge in [0.2, 0.25) is 0 Å². The zero-order valence-electron chi connectivity index (χ0n) is 19.1. The van der Waals surface area contributed by atoms with Gasteiger partial charge in [0.05, 0.1) is 37.3 Å². The van der Waals surface area contributed by atoms with Crippen molar-refractivity contribution in [1.82, 2.24) is 19.6 Å². The van der Waals surface area contributed by atoms with E-state index in [0.29, 0.717) is 38.3 Å². The topological polar surface area (TPSA) is 150 Å². The summed E-state index contributed by atoms with van der Waals surface area (Å²) >= 11 is 0. The molecule has 11 nitrogen and oxygen atoms in total. The summed E-state index contributed by atoms with van der Waals surface area (Å²) in [6.07, 6.45) is 1.22. The van der Waals surface area contributed by atoms with Crippen molar-refractivity contribution in [3.63, 3.8) is 0 Å². The lowest BCUT2D eigenvalue weighted by atomic mass is 9.85. The molecule has 0 aliphatic carbocycles. The van der Waals surface area contributed by atoms with Gasteiger partial charge in [-0.25, -0.2) is 9.18 Å². The molecule has 0 saturated carbocycles. The molecule has 1 aromatic heterocycles. The van der Waals surface area contributed by atoms with Crippen LogP contribution in [0.15, 0.2) is 30.5 Å². The fraction of sp³-hybridized carbons (Fsp3) is 0.478. The number of aromatic nitrogens is 2. The second kappa shape index (κ2) is 10.7. The van der Waals surface area contributed by atoms with Gasteiger partial charge in [0.1, 0.15) is 11.4 Å². The molecule has 35 heavy (non-hydrogen) atoms. The maximum absolute atomic E-state index is 13.3. The van der Waals surface area contributed by atoms with E-state index in [4.69, 9.17) is 10.5 Å². The summed E-state index contributed by atoms with van der Waals surface area (Å²) in [7, 11) is 0. The minimum absolute atomic E-state index is 0.0883. The van der Waals surface area contributed by atoms with Gasteiger partial charge < -0.3 is 25.8 Å². The number of likely N-dealkylation sites (tertiary alicyclic amines) is 1. The first-order chi connectivity index (χ1) is 16.9. The van der Waals surface area contributed by atoms with Gasteiger partial charge in [-0.1, -0.05) is 0 Å². The lowest BCUT2D eigenvalue weighted by Gasteiger charge is -2.43. The van der Waals surface area contributed by atoms with E-state index in [-0.39, 0.29) is 17.9 Å². The summed E-state index contributed by atoms with van der Waals surface area (Å²) < 4.78 is 20.2. The number of carbonyl (C=O) groups excluding carboxylic acids is 1. The summed E-state index contributed by atoms with van der Waals surface area (Å²) in [6.45, 7) is 3.63. The number of nitrogens with two attached hydrogens (primary N) is 1. The Morgan fingerprint density at radius 3 is 2.60 bits per heavy atom. The summed E-state index contributed by atoms with van der Waals surface area (Å²) in [6, 6.07) is 6.67. The number of primary amides is 1. The smallest absolute Gasteiger partial charge is 0.407 e. The molecule has 2 aliphatic rings. The van der Waals surface area contributed by atoms with Crippen molar-refractivity contribution >= 4 is 23.5 Å². The number of benzene rings is 1. The number of carbonyl (C=O) groups is 2. The standard InChI is InChI=1S/C23H28FN7O4/c24-16-1-3-17(4-2-16)27-22-18(21(26)32)14-31(28-22)20-15(13-25)5-8-30(23(33)34)19(20)6-7-29-9-11-35-12-10-29/h1-4,14-15,19-20H,5-12H2,(H2,26,32)(H,27,28)(H,33,34)/t15-,19?,20-/m1/s1. The molecule has 2 aromatic rings. The third-order valence-corrected chi connectivity index (χ3v) is 6.55. The molecule has 186 valence electrons. The summed E-state index contributed by atoms with van der Waals surface area (Å²) in [4.78, 5) is 27.8. The number of morpholine rings is 1. The van der Waals surface area contributed by atoms with E-state index in [1.54, 1.807) is 0 Å². The summed E-state index contributed by atoms with van der Waals surface area (Å²) in [5.74, 6) is -1.50. The quantitative estimate of drug-likeness (QED) is 0.539. The molecule has 2 fully saturated rings. The molecule has 2 aliphatic heterocycles. The van der Waals surface area contributed by atoms with Crippen LogP contribution in [0.2, 0.25) is 0 Å². The largest absolute Gasteiger partial charge is 0.465 e. The van der Waals surface area contributed by atoms with Crippen molar-refractivity contribution in [3.05, 3.63) is 41.8 Å². The van der Waals surface area contributed by atoms with E-state index in [2.05, 4.69) is 21.4 Å². The first kappa shape index (κ1) is 24.4. The number of rotatable bonds is 7. The molecule has 0 radical (unpaired) electrons. The minimum Gasteiger partial charge on any atom is -0.465 e. The highest BCUT2D eigenvalue weighted by molar-refractivity contribution is 5.98. The van der Waals surface area contributed by atoms with Gasteiger partial charge in [-0.05, 0) is 37.1 Å². The first-order valence-corrected chi connectivity index (χ1v) is 11.5. The van der Waals surface area contributed by atoms with E-state index < -0.39 is 35.8 Å². The maximum Gasteiger partial charge on any atom is 0.407 e. The maximum atomic E-state index is 13.3. The number of anilines is 2. The average Bonchev–Trinajstić information content (AvgIpc) is 3.27. The molecule has 1 unspecified atom stereocenters. The lowest BCUT2D eigenvalue weighted by molar-refractivity contribution is 0.0212. The molecule has 4 N–H and O–H groups in total. The highest BCUT2D eigenvalue weighted by Crippen LogP contribution is 2.36. The SMILES string of the molecule is N#C[C@H]1CCN(C(=O)O)C(CCN2CCOCC2)[C@@H]1n1cc(C(N)=O)c(Nc2ccc(F)cc2)n1. The molecule has 0 spiro atoms. The Labute approximate surface area is 201 Å². The van der Waals surface area contributed by atoms with Crippen LogP contribution in [0, 0.1) is 23.1 Å². The van der Waals surface area contributed by atoms with Gasteiger partial charge in [-0.3, -0.25) is 14.4 Å². The summed E-state index contributed by atoms with van der Waals surface area (Å²) in [5.41, 5.74) is 6.17. The van der Waals surface area contributed by atoms with Gasteiger partial charge >= 0.3 is 6.09 Å². The van der Waals surface area contributed by atoms with Crippen LogP contribution in [0.25, 0.3) is 0 Å². The molecule has 1 aromatic carbocycles. The van der Waals surface area contributed by atoms with E-state index in [1.165, 1.54) is 40.0 Å². The Bertz CT molecular complexity index is 1090.